The van der Waals surface area contributed by atoms with Crippen LogP contribution in [0.25, 0.3) is 0 Å². The van der Waals surface area contributed by atoms with E-state index >= 15 is 0 Å². The molecule has 0 unspecified atom stereocenters. The number of hydrogen-bond acceptors (Lipinski definition) is 3. The highest BCUT2D eigenvalue weighted by Gasteiger charge is 2.10. The van der Waals surface area contributed by atoms with Gasteiger partial charge < -0.3 is 9.84 Å². The number of nitrogens with zero attached hydrogens (tertiary/aromatic N) is 1. The molecule has 102 valence electrons. The van der Waals surface area contributed by atoms with Crippen molar-refractivity contribution in [1.82, 2.24) is 0 Å². The van der Waals surface area contributed by atoms with Crippen LogP contribution < -0.4 is 4.74 Å². The predicted octanol–water partition coefficient (Wildman–Crippen LogP) is 4.11. The van der Waals surface area contributed by atoms with Crippen molar-refractivity contribution in [3.63, 3.8) is 0 Å². The van der Waals surface area contributed by atoms with Crippen LogP contribution in [0.3, 0.4) is 0 Å². The van der Waals surface area contributed by atoms with E-state index in [2.05, 4.69) is 6.07 Å². The minimum absolute atomic E-state index is 0.149. The van der Waals surface area contributed by atoms with E-state index in [1.165, 1.54) is 0 Å². The second kappa shape index (κ2) is 5.96. The van der Waals surface area contributed by atoms with Crippen LogP contribution in [0.15, 0.2) is 30.3 Å². The summed E-state index contributed by atoms with van der Waals surface area (Å²) < 4.78 is 5.89. The lowest BCUT2D eigenvalue weighted by Gasteiger charge is -2.14. The van der Waals surface area contributed by atoms with E-state index in [4.69, 9.17) is 21.6 Å². The molecule has 2 aromatic carbocycles. The van der Waals surface area contributed by atoms with E-state index in [-0.39, 0.29) is 6.61 Å². The fourth-order valence-electron chi connectivity index (χ4n) is 2.06. The molecule has 0 aromatic heterocycles. The number of nitriles is 1. The summed E-state index contributed by atoms with van der Waals surface area (Å²) in [5.74, 6) is 1.26. The van der Waals surface area contributed by atoms with Gasteiger partial charge >= 0.3 is 0 Å². The van der Waals surface area contributed by atoms with Crippen molar-refractivity contribution >= 4 is 11.6 Å². The molecule has 4 heteroatoms. The van der Waals surface area contributed by atoms with Crippen molar-refractivity contribution in [3.05, 3.63) is 57.6 Å². The normalized spacial score (nSPS) is 10.2. The predicted molar refractivity (Wildman–Crippen MR) is 78.1 cm³/mol. The smallest absolute Gasteiger partial charge is 0.133 e. The lowest BCUT2D eigenvalue weighted by molar-refractivity contribution is 0.276. The average Bonchev–Trinajstić information content (AvgIpc) is 2.43. The molecule has 1 N–H and O–H groups in total. The molecule has 0 aliphatic heterocycles. The van der Waals surface area contributed by atoms with Crippen LogP contribution in [0.1, 0.15) is 22.3 Å². The summed E-state index contributed by atoms with van der Waals surface area (Å²) >= 11 is 5.90. The number of aliphatic hydroxyl groups is 1. The second-order valence-electron chi connectivity index (χ2n) is 4.56. The third-order valence-electron chi connectivity index (χ3n) is 2.99. The molecule has 0 amide bonds. The summed E-state index contributed by atoms with van der Waals surface area (Å²) in [6.07, 6.45) is 0. The number of hydrogen-bond donors (Lipinski definition) is 1. The van der Waals surface area contributed by atoms with Gasteiger partial charge in [-0.3, -0.25) is 0 Å². The molecule has 2 rings (SSSR count). The average molecular weight is 288 g/mol. The second-order valence-corrected chi connectivity index (χ2v) is 5.00. The summed E-state index contributed by atoms with van der Waals surface area (Å²) in [6.45, 7) is 3.62. The standard InChI is InChI=1S/C16H14ClNO2/c1-10-5-12(8-18)6-11(2)16(10)20-15-4-3-14(17)7-13(15)9-19/h3-7,19H,9H2,1-2H3. The van der Waals surface area contributed by atoms with Gasteiger partial charge in [0.2, 0.25) is 0 Å². The monoisotopic (exact) mass is 287 g/mol. The van der Waals surface area contributed by atoms with E-state index in [0.29, 0.717) is 27.6 Å². The third kappa shape index (κ3) is 2.93. The number of aryl methyl sites for hydroxylation is 2. The van der Waals surface area contributed by atoms with Gasteiger partial charge in [0.25, 0.3) is 0 Å². The molecule has 0 saturated heterocycles. The maximum Gasteiger partial charge on any atom is 0.133 e. The number of benzene rings is 2. The van der Waals surface area contributed by atoms with Gasteiger partial charge in [0.05, 0.1) is 18.2 Å². The fraction of sp³-hybridized carbons (Fsp3) is 0.188. The van der Waals surface area contributed by atoms with Gasteiger partial charge in [0.1, 0.15) is 11.5 Å². The summed E-state index contributed by atoms with van der Waals surface area (Å²) in [4.78, 5) is 0. The zero-order valence-electron chi connectivity index (χ0n) is 11.3. The van der Waals surface area contributed by atoms with E-state index in [1.54, 1.807) is 30.3 Å². The molecule has 0 atom stereocenters. The summed E-state index contributed by atoms with van der Waals surface area (Å²) in [6, 6.07) is 10.8. The molecule has 0 aliphatic carbocycles. The lowest BCUT2D eigenvalue weighted by atomic mass is 10.1. The molecular formula is C16H14ClNO2. The van der Waals surface area contributed by atoms with Crippen molar-refractivity contribution in [2.24, 2.45) is 0 Å². The Balaban J connectivity index is 2.43. The van der Waals surface area contributed by atoms with E-state index < -0.39 is 0 Å². The zero-order valence-corrected chi connectivity index (χ0v) is 12.0. The molecule has 0 radical (unpaired) electrons. The van der Waals surface area contributed by atoms with Crippen molar-refractivity contribution in [3.8, 4) is 17.6 Å². The molecule has 0 spiro atoms. The van der Waals surface area contributed by atoms with Gasteiger partial charge in [0, 0.05) is 10.6 Å². The Kier molecular flexibility index (Phi) is 4.29. The van der Waals surface area contributed by atoms with Gasteiger partial charge in [-0.25, -0.2) is 0 Å². The first-order valence-electron chi connectivity index (χ1n) is 6.13. The third-order valence-corrected chi connectivity index (χ3v) is 3.23. The molecule has 3 nitrogen and oxygen atoms in total. The van der Waals surface area contributed by atoms with E-state index in [9.17, 15) is 5.11 Å². The zero-order chi connectivity index (χ0) is 14.7. The van der Waals surface area contributed by atoms with E-state index in [1.807, 2.05) is 13.8 Å². The molecule has 20 heavy (non-hydrogen) atoms. The Labute approximate surface area is 123 Å². The van der Waals surface area contributed by atoms with Gasteiger partial charge in [-0.1, -0.05) is 11.6 Å². The summed E-state index contributed by atoms with van der Waals surface area (Å²) in [5.41, 5.74) is 2.98. The minimum Gasteiger partial charge on any atom is -0.456 e. The number of rotatable bonds is 3. The Bertz CT molecular complexity index is 666. The molecule has 0 saturated carbocycles. The summed E-state index contributed by atoms with van der Waals surface area (Å²) in [7, 11) is 0. The van der Waals surface area contributed by atoms with Crippen LogP contribution in [0, 0.1) is 25.2 Å². The lowest BCUT2D eigenvalue weighted by Crippen LogP contribution is -1.96. The molecule has 0 bridgehead atoms. The highest BCUT2D eigenvalue weighted by molar-refractivity contribution is 6.30. The largest absolute Gasteiger partial charge is 0.456 e. The highest BCUT2D eigenvalue weighted by atomic mass is 35.5. The topological polar surface area (TPSA) is 53.2 Å². The van der Waals surface area contributed by atoms with Crippen molar-refractivity contribution < 1.29 is 9.84 Å². The Morgan fingerprint density at radius 1 is 1.20 bits per heavy atom. The van der Waals surface area contributed by atoms with Crippen LogP contribution in [0.5, 0.6) is 11.5 Å². The first kappa shape index (κ1) is 14.4. The fourth-order valence-corrected chi connectivity index (χ4v) is 2.25. The Hall–Kier alpha value is -2.02. The SMILES string of the molecule is Cc1cc(C#N)cc(C)c1Oc1ccc(Cl)cc1CO. The first-order valence-corrected chi connectivity index (χ1v) is 6.51. The first-order chi connectivity index (χ1) is 9.55. The minimum atomic E-state index is -0.149. The van der Waals surface area contributed by atoms with Gasteiger partial charge in [0.15, 0.2) is 0 Å². The maximum atomic E-state index is 9.36. The molecule has 2 aromatic rings. The molecular weight excluding hydrogens is 274 g/mol. The number of aliphatic hydroxyl groups excluding tert-OH is 1. The number of halogens is 1. The molecule has 0 fully saturated rings. The van der Waals surface area contributed by atoms with E-state index in [0.717, 1.165) is 11.1 Å². The maximum absolute atomic E-state index is 9.36. The van der Waals surface area contributed by atoms with Crippen molar-refractivity contribution in [2.75, 3.05) is 0 Å². The van der Waals surface area contributed by atoms with Crippen LogP contribution >= 0.6 is 11.6 Å². The Morgan fingerprint density at radius 3 is 2.40 bits per heavy atom. The van der Waals surface area contributed by atoms with Crippen molar-refractivity contribution in [2.45, 2.75) is 20.5 Å². The number of ether oxygens (including phenoxy) is 1. The molecule has 0 heterocycles. The van der Waals surface area contributed by atoms with Crippen molar-refractivity contribution in [1.29, 1.82) is 5.26 Å². The van der Waals surface area contributed by atoms with Crippen LogP contribution in [-0.4, -0.2) is 5.11 Å². The van der Waals surface area contributed by atoms with Gasteiger partial charge in [-0.05, 0) is 55.3 Å². The highest BCUT2D eigenvalue weighted by Crippen LogP contribution is 2.32. The van der Waals surface area contributed by atoms with Crippen LogP contribution in [0.2, 0.25) is 5.02 Å². The Morgan fingerprint density at radius 2 is 1.85 bits per heavy atom. The quantitative estimate of drug-likeness (QED) is 0.924. The van der Waals surface area contributed by atoms with Gasteiger partial charge in [-0.2, -0.15) is 5.26 Å². The summed E-state index contributed by atoms with van der Waals surface area (Å²) in [5, 5.41) is 18.9. The van der Waals surface area contributed by atoms with Crippen LogP contribution in [-0.2, 0) is 6.61 Å². The van der Waals surface area contributed by atoms with Gasteiger partial charge in [-0.15, -0.1) is 0 Å². The van der Waals surface area contributed by atoms with Crippen LogP contribution in [0.4, 0.5) is 0 Å². The molecule has 0 aliphatic rings.